The third kappa shape index (κ3) is 5.13. The van der Waals surface area contributed by atoms with Gasteiger partial charge in [0.1, 0.15) is 0 Å². The minimum atomic E-state index is -0.253. The maximum Gasteiger partial charge on any atom is 0.0979 e. The summed E-state index contributed by atoms with van der Waals surface area (Å²) in [5.41, 5.74) is 11.3. The fraction of sp³-hybridized carbons (Fsp3) is 0.286. The minimum Gasteiger partial charge on any atom is -0.311 e. The number of aromatic nitrogens is 1. The molecule has 19 heavy (non-hydrogen) atoms. The van der Waals surface area contributed by atoms with Crippen molar-refractivity contribution in [3.8, 4) is 0 Å². The van der Waals surface area contributed by atoms with E-state index in [9.17, 15) is 0 Å². The molecule has 102 valence electrons. The van der Waals surface area contributed by atoms with E-state index in [1.165, 1.54) is 0 Å². The number of nitrogens with zero attached hydrogens (tertiary/aromatic N) is 3. The summed E-state index contributed by atoms with van der Waals surface area (Å²) in [6, 6.07) is 3.82. The van der Waals surface area contributed by atoms with Crippen LogP contribution in [0.5, 0.6) is 0 Å². The lowest BCUT2D eigenvalue weighted by molar-refractivity contribution is 0.175. The molecule has 3 N–H and O–H groups in total. The molecule has 1 rings (SSSR count). The minimum absolute atomic E-state index is 0.253. The molecular weight excluding hydrogens is 238 g/mol. The summed E-state index contributed by atoms with van der Waals surface area (Å²) < 4.78 is 0. The highest BCUT2D eigenvalue weighted by molar-refractivity contribution is 5.79. The number of hydrogen-bond donors (Lipinski definition) is 2. The van der Waals surface area contributed by atoms with E-state index < -0.39 is 0 Å². The van der Waals surface area contributed by atoms with E-state index in [1.807, 2.05) is 30.3 Å². The second kappa shape index (κ2) is 8.31. The predicted molar refractivity (Wildman–Crippen MR) is 79.6 cm³/mol. The zero-order valence-corrected chi connectivity index (χ0v) is 11.5. The van der Waals surface area contributed by atoms with E-state index in [4.69, 9.17) is 5.73 Å². The van der Waals surface area contributed by atoms with Crippen LogP contribution in [0.15, 0.2) is 53.8 Å². The maximum absolute atomic E-state index is 6.12. The third-order valence-corrected chi connectivity index (χ3v) is 2.60. The number of allylic oxidation sites excluding steroid dienone is 2. The molecule has 1 unspecified atom stereocenters. The molecule has 0 amide bonds. The van der Waals surface area contributed by atoms with E-state index >= 15 is 0 Å². The molecule has 0 radical (unpaired) electrons. The molecule has 0 aromatic carbocycles. The molecule has 0 aliphatic rings. The fourth-order valence-electron chi connectivity index (χ4n) is 1.55. The maximum atomic E-state index is 6.12. The van der Waals surface area contributed by atoms with Crippen molar-refractivity contribution in [3.05, 3.63) is 54.4 Å². The van der Waals surface area contributed by atoms with Crippen LogP contribution in [0, 0.1) is 0 Å². The zero-order chi connectivity index (χ0) is 14.1. The Labute approximate surface area is 114 Å². The van der Waals surface area contributed by atoms with Gasteiger partial charge in [0.15, 0.2) is 0 Å². The van der Waals surface area contributed by atoms with Crippen molar-refractivity contribution in [1.82, 2.24) is 15.4 Å². The first-order valence-corrected chi connectivity index (χ1v) is 6.04. The standard InChI is InChI=1S/C14H21N5/c1-4-6-12(9-16-2)10-18-19(3)14(15)13-7-5-8-17-11-13/h4-9,11,14,18H,1,10,15H2,2-3H3/b12-6+,16-9?. The lowest BCUT2D eigenvalue weighted by atomic mass is 10.2. The zero-order valence-electron chi connectivity index (χ0n) is 11.5. The average molecular weight is 259 g/mol. The van der Waals surface area contributed by atoms with Crippen LogP contribution in [0.2, 0.25) is 0 Å². The lowest BCUT2D eigenvalue weighted by Crippen LogP contribution is -2.42. The molecule has 0 bridgehead atoms. The molecule has 1 aromatic rings. The van der Waals surface area contributed by atoms with Gasteiger partial charge >= 0.3 is 0 Å². The smallest absolute Gasteiger partial charge is 0.0979 e. The number of rotatable bonds is 7. The summed E-state index contributed by atoms with van der Waals surface area (Å²) in [5, 5.41) is 1.84. The monoisotopic (exact) mass is 259 g/mol. The topological polar surface area (TPSA) is 66.5 Å². The Morgan fingerprint density at radius 3 is 3.05 bits per heavy atom. The van der Waals surface area contributed by atoms with Gasteiger partial charge in [-0.2, -0.15) is 0 Å². The second-order valence-electron chi connectivity index (χ2n) is 4.04. The summed E-state index contributed by atoms with van der Waals surface area (Å²) in [5.74, 6) is 0. The van der Waals surface area contributed by atoms with Crippen LogP contribution >= 0.6 is 0 Å². The van der Waals surface area contributed by atoms with Gasteiger partial charge in [-0.1, -0.05) is 24.8 Å². The Balaban J connectivity index is 2.57. The SMILES string of the molecule is C=C/C=C(\C=NC)CNN(C)C(N)c1cccnc1. The van der Waals surface area contributed by atoms with Gasteiger partial charge in [-0.15, -0.1) is 0 Å². The summed E-state index contributed by atoms with van der Waals surface area (Å²) in [6.45, 7) is 4.31. The summed E-state index contributed by atoms with van der Waals surface area (Å²) >= 11 is 0. The van der Waals surface area contributed by atoms with Crippen LogP contribution in [-0.4, -0.2) is 36.8 Å². The van der Waals surface area contributed by atoms with Crippen LogP contribution in [0.25, 0.3) is 0 Å². The quantitative estimate of drug-likeness (QED) is 0.335. The molecule has 0 aliphatic heterocycles. The van der Waals surface area contributed by atoms with Crippen molar-refractivity contribution in [1.29, 1.82) is 0 Å². The molecule has 5 nitrogen and oxygen atoms in total. The third-order valence-electron chi connectivity index (χ3n) is 2.60. The molecule has 0 saturated heterocycles. The first kappa shape index (κ1) is 15.2. The molecule has 0 fully saturated rings. The molecule has 1 atom stereocenters. The molecule has 0 spiro atoms. The Kier molecular flexibility index (Phi) is 6.67. The molecule has 5 heteroatoms. The van der Waals surface area contributed by atoms with Gasteiger partial charge in [0.05, 0.1) is 6.17 Å². The van der Waals surface area contributed by atoms with Crippen LogP contribution in [0.1, 0.15) is 11.7 Å². The Morgan fingerprint density at radius 1 is 1.68 bits per heavy atom. The Morgan fingerprint density at radius 2 is 2.47 bits per heavy atom. The summed E-state index contributed by atoms with van der Waals surface area (Å²) in [4.78, 5) is 8.06. The molecular formula is C14H21N5. The van der Waals surface area contributed by atoms with Gasteiger partial charge in [-0.25, -0.2) is 10.4 Å². The molecule has 1 aromatic heterocycles. The van der Waals surface area contributed by atoms with Crippen molar-refractivity contribution < 1.29 is 0 Å². The Bertz CT molecular complexity index is 438. The number of nitrogens with two attached hydrogens (primary N) is 1. The highest BCUT2D eigenvalue weighted by Crippen LogP contribution is 2.09. The number of nitrogens with one attached hydrogen (secondary N) is 1. The largest absolute Gasteiger partial charge is 0.311 e. The highest BCUT2D eigenvalue weighted by atomic mass is 15.5. The predicted octanol–water partition coefficient (Wildman–Crippen LogP) is 1.29. The number of hydrazine groups is 1. The lowest BCUT2D eigenvalue weighted by Gasteiger charge is -2.25. The van der Waals surface area contributed by atoms with Crippen LogP contribution in [0.4, 0.5) is 0 Å². The van der Waals surface area contributed by atoms with Crippen molar-refractivity contribution in [3.63, 3.8) is 0 Å². The van der Waals surface area contributed by atoms with Gasteiger partial charge < -0.3 is 5.73 Å². The van der Waals surface area contributed by atoms with Gasteiger partial charge in [-0.3, -0.25) is 9.98 Å². The molecule has 1 heterocycles. The molecule has 0 aliphatic carbocycles. The normalized spacial score (nSPS) is 14.0. The molecule has 0 saturated carbocycles. The van der Waals surface area contributed by atoms with Crippen LogP contribution < -0.4 is 11.2 Å². The van der Waals surface area contributed by atoms with Crippen LogP contribution in [0.3, 0.4) is 0 Å². The number of aliphatic imine (C=N–C) groups is 1. The second-order valence-corrected chi connectivity index (χ2v) is 4.04. The van der Waals surface area contributed by atoms with Gasteiger partial charge in [0.2, 0.25) is 0 Å². The van der Waals surface area contributed by atoms with E-state index in [2.05, 4.69) is 22.0 Å². The first-order chi connectivity index (χ1) is 9.19. The first-order valence-electron chi connectivity index (χ1n) is 6.04. The summed E-state index contributed by atoms with van der Waals surface area (Å²) in [6.07, 6.45) is 8.67. The van der Waals surface area contributed by atoms with Crippen molar-refractivity contribution in [2.24, 2.45) is 10.7 Å². The van der Waals surface area contributed by atoms with Crippen LogP contribution in [-0.2, 0) is 0 Å². The van der Waals surface area contributed by atoms with Gasteiger partial charge in [0, 0.05) is 44.8 Å². The number of pyridine rings is 1. The van der Waals surface area contributed by atoms with Gasteiger partial charge in [-0.05, 0) is 11.6 Å². The van der Waals surface area contributed by atoms with Crippen molar-refractivity contribution in [2.75, 3.05) is 20.6 Å². The highest BCUT2D eigenvalue weighted by Gasteiger charge is 2.11. The van der Waals surface area contributed by atoms with Gasteiger partial charge in [0.25, 0.3) is 0 Å². The van der Waals surface area contributed by atoms with E-state index in [-0.39, 0.29) is 6.17 Å². The Hall–Kier alpha value is -1.82. The average Bonchev–Trinajstić information content (AvgIpc) is 2.45. The summed E-state index contributed by atoms with van der Waals surface area (Å²) in [7, 11) is 3.63. The van der Waals surface area contributed by atoms with E-state index in [0.29, 0.717) is 6.54 Å². The van der Waals surface area contributed by atoms with E-state index in [0.717, 1.165) is 11.1 Å². The van der Waals surface area contributed by atoms with Crippen molar-refractivity contribution >= 4 is 6.21 Å². The number of hydrogen-bond acceptors (Lipinski definition) is 5. The van der Waals surface area contributed by atoms with Crippen molar-refractivity contribution in [2.45, 2.75) is 6.17 Å². The fourth-order valence-corrected chi connectivity index (χ4v) is 1.55. The van der Waals surface area contributed by atoms with E-state index in [1.54, 1.807) is 31.7 Å².